The van der Waals surface area contributed by atoms with Crippen molar-refractivity contribution in [3.8, 4) is 73.2 Å². The van der Waals surface area contributed by atoms with Crippen LogP contribution in [-0.2, 0) is 0 Å². The minimum absolute atomic E-state index is 0.568. The molecule has 0 radical (unpaired) electrons. The first-order chi connectivity index (χ1) is 34.2. The summed E-state index contributed by atoms with van der Waals surface area (Å²) in [6, 6.07) is 80.3. The molecule has 0 saturated carbocycles. The van der Waals surface area contributed by atoms with Gasteiger partial charge in [-0.15, -0.1) is 0 Å². The van der Waals surface area contributed by atoms with Crippen LogP contribution in [-0.4, -0.2) is 19.5 Å². The summed E-state index contributed by atoms with van der Waals surface area (Å²) < 4.78 is 15.9. The lowest BCUT2D eigenvalue weighted by molar-refractivity contribution is 0.668. The second-order valence-corrected chi connectivity index (χ2v) is 17.5. The number of para-hydroxylation sites is 2. The van der Waals surface area contributed by atoms with Gasteiger partial charge in [-0.05, 0) is 76.3 Å². The van der Waals surface area contributed by atoms with Crippen LogP contribution in [0.3, 0.4) is 0 Å². The molecule has 0 atom stereocenters. The highest BCUT2D eigenvalue weighted by Gasteiger charge is 2.22. The molecule has 0 spiro atoms. The molecule has 0 aliphatic heterocycles. The van der Waals surface area contributed by atoms with Crippen molar-refractivity contribution < 1.29 is 8.83 Å². The van der Waals surface area contributed by atoms with Crippen molar-refractivity contribution in [3.05, 3.63) is 231 Å². The summed E-state index contributed by atoms with van der Waals surface area (Å²) >= 11 is 0. The van der Waals surface area contributed by atoms with Crippen LogP contribution in [0.5, 0.6) is 0 Å². The van der Waals surface area contributed by atoms with Crippen LogP contribution >= 0.6 is 0 Å². The third-order valence-electron chi connectivity index (χ3n) is 13.5. The number of aromatic nitrogens is 4. The molecule has 0 bridgehead atoms. The maximum Gasteiger partial charge on any atom is 0.164 e. The van der Waals surface area contributed by atoms with Gasteiger partial charge in [0.1, 0.15) is 22.3 Å². The Bertz CT molecular complexity index is 4290. The average Bonchev–Trinajstić information content (AvgIpc) is 4.11. The Morgan fingerprint density at radius 2 is 0.812 bits per heavy atom. The predicted molar refractivity (Wildman–Crippen MR) is 281 cm³/mol. The Morgan fingerprint density at radius 1 is 0.290 bits per heavy atom. The first-order valence-electron chi connectivity index (χ1n) is 23.2. The van der Waals surface area contributed by atoms with E-state index >= 15 is 0 Å². The van der Waals surface area contributed by atoms with E-state index < -0.39 is 0 Å². The Hall–Kier alpha value is -9.39. The molecular formula is C63H38N4O2. The van der Waals surface area contributed by atoms with Crippen molar-refractivity contribution in [2.45, 2.75) is 0 Å². The van der Waals surface area contributed by atoms with Crippen LogP contribution in [0.2, 0.25) is 0 Å². The molecule has 0 fully saturated rings. The molecule has 4 aromatic heterocycles. The van der Waals surface area contributed by atoms with E-state index in [1.54, 1.807) is 0 Å². The molecule has 0 N–H and O–H groups in total. The summed E-state index contributed by atoms with van der Waals surface area (Å²) in [6.45, 7) is 0. The molecule has 4 heterocycles. The molecule has 6 nitrogen and oxygen atoms in total. The van der Waals surface area contributed by atoms with Gasteiger partial charge in [-0.1, -0.05) is 182 Å². The van der Waals surface area contributed by atoms with Crippen molar-refractivity contribution in [1.82, 2.24) is 19.5 Å². The van der Waals surface area contributed by atoms with Crippen LogP contribution < -0.4 is 0 Å². The maximum atomic E-state index is 6.93. The molecule has 69 heavy (non-hydrogen) atoms. The van der Waals surface area contributed by atoms with E-state index in [2.05, 4.69) is 187 Å². The van der Waals surface area contributed by atoms with E-state index in [9.17, 15) is 0 Å². The highest BCUT2D eigenvalue weighted by molar-refractivity contribution is 6.18. The van der Waals surface area contributed by atoms with E-state index in [4.69, 9.17) is 23.8 Å². The molecular weight excluding hydrogens is 845 g/mol. The quantitative estimate of drug-likeness (QED) is 0.159. The van der Waals surface area contributed by atoms with E-state index in [0.717, 1.165) is 99.5 Å². The van der Waals surface area contributed by atoms with E-state index in [-0.39, 0.29) is 0 Å². The smallest absolute Gasteiger partial charge is 0.164 e. The van der Waals surface area contributed by atoms with Gasteiger partial charge in [0, 0.05) is 49.2 Å². The molecule has 14 rings (SSSR count). The van der Waals surface area contributed by atoms with Gasteiger partial charge >= 0.3 is 0 Å². The fourth-order valence-electron chi connectivity index (χ4n) is 10.3. The normalized spacial score (nSPS) is 11.8. The molecule has 0 aliphatic carbocycles. The summed E-state index contributed by atoms with van der Waals surface area (Å²) in [7, 11) is 0. The van der Waals surface area contributed by atoms with Crippen LogP contribution in [0.25, 0.3) is 139 Å². The van der Waals surface area contributed by atoms with Gasteiger partial charge in [0.05, 0.1) is 22.1 Å². The number of nitrogens with zero attached hydrogens (tertiary/aromatic N) is 4. The summed E-state index contributed by atoms with van der Waals surface area (Å²) in [5.74, 6) is 1.76. The van der Waals surface area contributed by atoms with Crippen molar-refractivity contribution in [3.63, 3.8) is 0 Å². The zero-order chi connectivity index (χ0) is 45.4. The Balaban J connectivity index is 0.918. The number of furan rings is 2. The molecule has 322 valence electrons. The third-order valence-corrected chi connectivity index (χ3v) is 13.5. The highest BCUT2D eigenvalue weighted by atomic mass is 16.3. The standard InChI is InChI=1S/C63H38N4O2/c1-4-15-39(16-5-1)41-29-31-43(32-30-41)62-64-61(42-19-8-3-9-20-42)65-63(66-62)49-24-13-27-56-58(49)51-38-45(34-36-55(51)68-56)46-22-12-23-48-59-54(26-14-28-57(59)69-60(46)48)67-52-25-11-10-21-47(52)50-37-44(33-35-53(50)67)40-17-6-2-7-18-40/h1-38H. The Labute approximate surface area is 396 Å². The summed E-state index contributed by atoms with van der Waals surface area (Å²) in [4.78, 5) is 15.4. The second-order valence-electron chi connectivity index (χ2n) is 17.5. The lowest BCUT2D eigenvalue weighted by Crippen LogP contribution is -2.00. The van der Waals surface area contributed by atoms with Crippen LogP contribution in [0, 0.1) is 0 Å². The van der Waals surface area contributed by atoms with E-state index in [1.165, 1.54) is 21.9 Å². The van der Waals surface area contributed by atoms with Gasteiger partial charge in [0.25, 0.3) is 0 Å². The van der Waals surface area contributed by atoms with Crippen molar-refractivity contribution in [2.75, 3.05) is 0 Å². The van der Waals surface area contributed by atoms with Crippen molar-refractivity contribution in [1.29, 1.82) is 0 Å². The molecule has 0 unspecified atom stereocenters. The van der Waals surface area contributed by atoms with Crippen LogP contribution in [0.1, 0.15) is 0 Å². The topological polar surface area (TPSA) is 69.9 Å². The molecule has 6 heteroatoms. The van der Waals surface area contributed by atoms with Gasteiger partial charge in [-0.2, -0.15) is 0 Å². The monoisotopic (exact) mass is 882 g/mol. The summed E-state index contributed by atoms with van der Waals surface area (Å²) in [5.41, 5.74) is 15.9. The molecule has 14 aromatic rings. The van der Waals surface area contributed by atoms with Crippen LogP contribution in [0.4, 0.5) is 0 Å². The average molecular weight is 883 g/mol. The number of rotatable bonds is 7. The SMILES string of the molecule is c1ccc(-c2ccc(-c3nc(-c4ccccc4)nc(-c4cccc5oc6ccc(-c7cccc8c7oc7cccc(-n9c%10ccccc%10c%10cc(-c%11ccccc%11)ccc%109)c78)cc6c45)n3)cc2)cc1. The minimum Gasteiger partial charge on any atom is -0.456 e. The van der Waals surface area contributed by atoms with Gasteiger partial charge < -0.3 is 13.4 Å². The first-order valence-corrected chi connectivity index (χ1v) is 23.2. The molecule has 0 aliphatic rings. The first kappa shape index (κ1) is 38.8. The van der Waals surface area contributed by atoms with Gasteiger partial charge in [0.2, 0.25) is 0 Å². The van der Waals surface area contributed by atoms with Gasteiger partial charge in [-0.25, -0.2) is 15.0 Å². The van der Waals surface area contributed by atoms with Gasteiger partial charge in [-0.3, -0.25) is 0 Å². The minimum atomic E-state index is 0.568. The van der Waals surface area contributed by atoms with Crippen molar-refractivity contribution in [2.24, 2.45) is 0 Å². The number of benzene rings is 10. The van der Waals surface area contributed by atoms with Gasteiger partial charge in [0.15, 0.2) is 17.5 Å². The summed E-state index contributed by atoms with van der Waals surface area (Å²) in [5, 5.41) is 6.42. The van der Waals surface area contributed by atoms with Crippen molar-refractivity contribution >= 4 is 65.7 Å². The zero-order valence-electron chi connectivity index (χ0n) is 37.0. The fraction of sp³-hybridized carbons (Fsp3) is 0. The highest BCUT2D eigenvalue weighted by Crippen LogP contribution is 2.44. The van der Waals surface area contributed by atoms with E-state index in [0.29, 0.717) is 17.5 Å². The zero-order valence-corrected chi connectivity index (χ0v) is 37.0. The van der Waals surface area contributed by atoms with E-state index in [1.807, 2.05) is 48.5 Å². The Kier molecular flexibility index (Phi) is 8.79. The lowest BCUT2D eigenvalue weighted by Gasteiger charge is -2.10. The Morgan fingerprint density at radius 3 is 1.58 bits per heavy atom. The molecule has 0 amide bonds. The number of hydrogen-bond donors (Lipinski definition) is 0. The summed E-state index contributed by atoms with van der Waals surface area (Å²) in [6.07, 6.45) is 0. The maximum absolute atomic E-state index is 6.93. The predicted octanol–water partition coefficient (Wildman–Crippen LogP) is 16.8. The third kappa shape index (κ3) is 6.38. The lowest BCUT2D eigenvalue weighted by atomic mass is 9.98. The second kappa shape index (κ2) is 15.6. The van der Waals surface area contributed by atoms with Crippen LogP contribution in [0.15, 0.2) is 239 Å². The fourth-order valence-corrected chi connectivity index (χ4v) is 10.3. The molecule has 10 aromatic carbocycles. The number of fused-ring (bicyclic) bond motifs is 9. The number of hydrogen-bond acceptors (Lipinski definition) is 5. The largest absolute Gasteiger partial charge is 0.456 e. The molecule has 0 saturated heterocycles.